The van der Waals surface area contributed by atoms with Crippen molar-refractivity contribution in [2.45, 2.75) is 19.4 Å². The van der Waals surface area contributed by atoms with Crippen molar-refractivity contribution in [2.75, 3.05) is 0 Å². The van der Waals surface area contributed by atoms with Crippen LogP contribution in [0.4, 0.5) is 0 Å². The summed E-state index contributed by atoms with van der Waals surface area (Å²) in [6.07, 6.45) is 4.57. The summed E-state index contributed by atoms with van der Waals surface area (Å²) in [6, 6.07) is 16.9. The van der Waals surface area contributed by atoms with Gasteiger partial charge in [0.1, 0.15) is 0 Å². The minimum atomic E-state index is 0.0814. The molecule has 3 N–H and O–H groups in total. The van der Waals surface area contributed by atoms with Crippen LogP contribution in [0.5, 0.6) is 0 Å². The maximum absolute atomic E-state index is 5.82. The lowest BCUT2D eigenvalue weighted by Crippen LogP contribution is -2.29. The zero-order valence-corrected chi connectivity index (χ0v) is 12.1. The van der Waals surface area contributed by atoms with E-state index in [0.717, 1.165) is 11.8 Å². The molecule has 1 unspecified atom stereocenters. The quantitative estimate of drug-likeness (QED) is 0.568. The number of pyridine rings is 1. The Balaban J connectivity index is 1.98. The van der Waals surface area contributed by atoms with E-state index in [0.29, 0.717) is 0 Å². The number of benzene rings is 2. The molecule has 1 atom stereocenters. The molecular weight excluding hydrogens is 258 g/mol. The Morgan fingerprint density at radius 1 is 1.14 bits per heavy atom. The van der Waals surface area contributed by atoms with E-state index in [1.165, 1.54) is 22.1 Å². The Bertz CT molecular complexity index is 747. The molecule has 3 nitrogen and oxygen atoms in total. The highest BCUT2D eigenvalue weighted by Gasteiger charge is 2.13. The number of hydrogen-bond donors (Lipinski definition) is 2. The highest BCUT2D eigenvalue weighted by atomic mass is 15.2. The number of nitrogens with two attached hydrogens (primary N) is 1. The summed E-state index contributed by atoms with van der Waals surface area (Å²) in [5, 5.41) is 2.34. The first-order valence-electron chi connectivity index (χ1n) is 7.12. The van der Waals surface area contributed by atoms with Gasteiger partial charge in [-0.1, -0.05) is 48.0 Å². The van der Waals surface area contributed by atoms with E-state index in [1.807, 2.05) is 18.5 Å². The summed E-state index contributed by atoms with van der Waals surface area (Å²) >= 11 is 0. The third-order valence-electron chi connectivity index (χ3n) is 3.81. The van der Waals surface area contributed by atoms with Gasteiger partial charge in [-0.15, -0.1) is 0 Å². The second-order valence-corrected chi connectivity index (χ2v) is 5.36. The molecule has 0 aliphatic rings. The second kappa shape index (κ2) is 6.04. The monoisotopic (exact) mass is 277 g/mol. The number of fused-ring (bicyclic) bond motifs is 1. The predicted octanol–water partition coefficient (Wildman–Crippen LogP) is 3.29. The Hall–Kier alpha value is -2.23. The van der Waals surface area contributed by atoms with E-state index >= 15 is 0 Å². The van der Waals surface area contributed by atoms with E-state index < -0.39 is 0 Å². The van der Waals surface area contributed by atoms with Crippen LogP contribution in [0.3, 0.4) is 0 Å². The van der Waals surface area contributed by atoms with Crippen molar-refractivity contribution in [1.82, 2.24) is 10.4 Å². The molecule has 0 radical (unpaired) electrons. The molecule has 0 aliphatic heterocycles. The van der Waals surface area contributed by atoms with E-state index in [9.17, 15) is 0 Å². The number of aromatic nitrogens is 1. The van der Waals surface area contributed by atoms with Gasteiger partial charge in [0.25, 0.3) is 0 Å². The van der Waals surface area contributed by atoms with Gasteiger partial charge in [-0.2, -0.15) is 0 Å². The maximum atomic E-state index is 5.82. The lowest BCUT2D eigenvalue weighted by molar-refractivity contribution is 0.555. The van der Waals surface area contributed by atoms with Gasteiger partial charge in [0.2, 0.25) is 0 Å². The molecule has 0 amide bonds. The molecule has 0 bridgehead atoms. The van der Waals surface area contributed by atoms with Crippen molar-refractivity contribution in [3.63, 3.8) is 0 Å². The average molecular weight is 277 g/mol. The molecule has 0 fully saturated rings. The molecule has 106 valence electrons. The topological polar surface area (TPSA) is 50.9 Å². The van der Waals surface area contributed by atoms with Crippen LogP contribution < -0.4 is 11.3 Å². The van der Waals surface area contributed by atoms with Gasteiger partial charge in [0, 0.05) is 17.8 Å². The van der Waals surface area contributed by atoms with E-state index in [4.69, 9.17) is 5.84 Å². The molecule has 3 rings (SSSR count). The van der Waals surface area contributed by atoms with Gasteiger partial charge in [-0.3, -0.25) is 16.3 Å². The normalized spacial score (nSPS) is 12.5. The Labute approximate surface area is 124 Å². The summed E-state index contributed by atoms with van der Waals surface area (Å²) in [4.78, 5) is 4.18. The molecule has 3 aromatic rings. The summed E-state index contributed by atoms with van der Waals surface area (Å²) < 4.78 is 0. The first-order chi connectivity index (χ1) is 10.3. The van der Waals surface area contributed by atoms with Crippen LogP contribution in [0, 0.1) is 6.92 Å². The maximum Gasteiger partial charge on any atom is 0.0506 e. The first kappa shape index (κ1) is 13.7. The molecule has 0 saturated carbocycles. The lowest BCUT2D eigenvalue weighted by atomic mass is 9.95. The number of nitrogens with one attached hydrogen (secondary N) is 1. The SMILES string of the molecule is Cc1cccc(CC(NN)c2cccc3cnccc23)c1. The predicted molar refractivity (Wildman–Crippen MR) is 86.7 cm³/mol. The van der Waals surface area contributed by atoms with Gasteiger partial charge in [0.05, 0.1) is 6.04 Å². The lowest BCUT2D eigenvalue weighted by Gasteiger charge is -2.18. The third kappa shape index (κ3) is 2.94. The zero-order chi connectivity index (χ0) is 14.7. The second-order valence-electron chi connectivity index (χ2n) is 5.36. The minimum Gasteiger partial charge on any atom is -0.271 e. The molecule has 3 heteroatoms. The molecule has 1 heterocycles. The standard InChI is InChI=1S/C18H19N3/c1-13-4-2-5-14(10-13)11-18(21-19)17-7-3-6-15-12-20-9-8-16(15)17/h2-10,12,18,21H,11,19H2,1H3. The van der Waals surface area contributed by atoms with E-state index in [2.05, 4.69) is 59.8 Å². The summed E-state index contributed by atoms with van der Waals surface area (Å²) in [5.41, 5.74) is 6.72. The van der Waals surface area contributed by atoms with Crippen molar-refractivity contribution >= 4 is 10.8 Å². The van der Waals surface area contributed by atoms with Crippen LogP contribution in [0.2, 0.25) is 0 Å². The average Bonchev–Trinajstić information content (AvgIpc) is 2.52. The van der Waals surface area contributed by atoms with Crippen LogP contribution in [0.15, 0.2) is 60.9 Å². The van der Waals surface area contributed by atoms with Gasteiger partial charge in [0.15, 0.2) is 0 Å². The Morgan fingerprint density at radius 3 is 2.81 bits per heavy atom. The molecule has 0 aliphatic carbocycles. The van der Waals surface area contributed by atoms with Crippen molar-refractivity contribution in [3.05, 3.63) is 77.6 Å². The fourth-order valence-corrected chi connectivity index (χ4v) is 2.78. The molecule has 0 saturated heterocycles. The fraction of sp³-hybridized carbons (Fsp3) is 0.167. The summed E-state index contributed by atoms with van der Waals surface area (Å²) in [7, 11) is 0. The smallest absolute Gasteiger partial charge is 0.0506 e. The van der Waals surface area contributed by atoms with Crippen molar-refractivity contribution in [3.8, 4) is 0 Å². The molecule has 0 spiro atoms. The van der Waals surface area contributed by atoms with Crippen molar-refractivity contribution < 1.29 is 0 Å². The highest BCUT2D eigenvalue weighted by Crippen LogP contribution is 2.26. The number of hydrazine groups is 1. The number of nitrogens with zero attached hydrogens (tertiary/aromatic N) is 1. The molecular formula is C18H19N3. The number of aryl methyl sites for hydroxylation is 1. The minimum absolute atomic E-state index is 0.0814. The Morgan fingerprint density at radius 2 is 2.00 bits per heavy atom. The van der Waals surface area contributed by atoms with E-state index in [1.54, 1.807) is 0 Å². The zero-order valence-electron chi connectivity index (χ0n) is 12.1. The van der Waals surface area contributed by atoms with Crippen molar-refractivity contribution in [2.24, 2.45) is 5.84 Å². The fourth-order valence-electron chi connectivity index (χ4n) is 2.78. The van der Waals surface area contributed by atoms with Crippen LogP contribution >= 0.6 is 0 Å². The van der Waals surface area contributed by atoms with Crippen LogP contribution in [-0.4, -0.2) is 4.98 Å². The van der Waals surface area contributed by atoms with Gasteiger partial charge in [-0.25, -0.2) is 0 Å². The van der Waals surface area contributed by atoms with Crippen molar-refractivity contribution in [1.29, 1.82) is 0 Å². The summed E-state index contributed by atoms with van der Waals surface area (Å²) in [6.45, 7) is 2.11. The third-order valence-corrected chi connectivity index (χ3v) is 3.81. The van der Waals surface area contributed by atoms with Gasteiger partial charge < -0.3 is 0 Å². The van der Waals surface area contributed by atoms with Gasteiger partial charge >= 0.3 is 0 Å². The summed E-state index contributed by atoms with van der Waals surface area (Å²) in [5.74, 6) is 5.82. The van der Waals surface area contributed by atoms with Crippen LogP contribution in [-0.2, 0) is 6.42 Å². The molecule has 1 aromatic heterocycles. The van der Waals surface area contributed by atoms with Gasteiger partial charge in [-0.05, 0) is 35.9 Å². The number of hydrogen-bond acceptors (Lipinski definition) is 3. The van der Waals surface area contributed by atoms with E-state index in [-0.39, 0.29) is 6.04 Å². The largest absolute Gasteiger partial charge is 0.271 e. The van der Waals surface area contributed by atoms with Crippen LogP contribution in [0.1, 0.15) is 22.7 Å². The Kier molecular flexibility index (Phi) is 3.95. The first-order valence-corrected chi connectivity index (χ1v) is 7.12. The highest BCUT2D eigenvalue weighted by molar-refractivity contribution is 5.85. The molecule has 21 heavy (non-hydrogen) atoms. The van der Waals surface area contributed by atoms with Crippen LogP contribution in [0.25, 0.3) is 10.8 Å². The number of rotatable bonds is 4. The molecule has 2 aromatic carbocycles.